The molecule has 5 heteroatoms. The summed E-state index contributed by atoms with van der Waals surface area (Å²) in [7, 11) is 0. The van der Waals surface area contributed by atoms with Crippen molar-refractivity contribution in [3.63, 3.8) is 0 Å². The number of aromatic nitrogens is 3. The molecule has 1 heterocycles. The summed E-state index contributed by atoms with van der Waals surface area (Å²) in [6, 6.07) is 10.4. The summed E-state index contributed by atoms with van der Waals surface area (Å²) in [6.45, 7) is 2.54. The highest BCUT2D eigenvalue weighted by molar-refractivity contribution is 5.93. The maximum Gasteiger partial charge on any atom is 0.273 e. The van der Waals surface area contributed by atoms with Gasteiger partial charge >= 0.3 is 0 Å². The zero-order valence-electron chi connectivity index (χ0n) is 13.0. The Balaban J connectivity index is 1.68. The van der Waals surface area contributed by atoms with Crippen molar-refractivity contribution in [2.45, 2.75) is 51.6 Å². The van der Waals surface area contributed by atoms with Crippen LogP contribution in [0, 0.1) is 6.92 Å². The van der Waals surface area contributed by atoms with E-state index in [0.29, 0.717) is 18.3 Å². The van der Waals surface area contributed by atoms with E-state index in [2.05, 4.69) is 15.6 Å². The van der Waals surface area contributed by atoms with Crippen molar-refractivity contribution in [1.82, 2.24) is 20.3 Å². The predicted octanol–water partition coefficient (Wildman–Crippen LogP) is 2.70. The van der Waals surface area contributed by atoms with Crippen LogP contribution >= 0.6 is 0 Å². The molecule has 5 nitrogen and oxygen atoms in total. The summed E-state index contributed by atoms with van der Waals surface area (Å²) in [5, 5.41) is 11.3. The fraction of sp³-hybridized carbons (Fsp3) is 0.471. The van der Waals surface area contributed by atoms with Gasteiger partial charge in [0.2, 0.25) is 0 Å². The lowest BCUT2D eigenvalue weighted by molar-refractivity contribution is 0.0922. The topological polar surface area (TPSA) is 59.8 Å². The average Bonchev–Trinajstić information content (AvgIpc) is 2.90. The highest BCUT2D eigenvalue weighted by Gasteiger charge is 2.21. The molecular formula is C17H22N4O. The van der Waals surface area contributed by atoms with Crippen molar-refractivity contribution in [3.05, 3.63) is 47.3 Å². The second kappa shape index (κ2) is 6.73. The van der Waals surface area contributed by atoms with E-state index < -0.39 is 0 Å². The lowest BCUT2D eigenvalue weighted by atomic mass is 9.95. The molecule has 116 valence electrons. The van der Waals surface area contributed by atoms with Gasteiger partial charge in [-0.1, -0.05) is 54.8 Å². The molecule has 0 atom stereocenters. The Bertz CT molecular complexity index is 629. The third kappa shape index (κ3) is 3.35. The van der Waals surface area contributed by atoms with Gasteiger partial charge in [-0.2, -0.15) is 0 Å². The molecule has 0 saturated heterocycles. The van der Waals surface area contributed by atoms with E-state index >= 15 is 0 Å². The molecule has 0 aliphatic heterocycles. The maximum atomic E-state index is 12.4. The molecular weight excluding hydrogens is 276 g/mol. The summed E-state index contributed by atoms with van der Waals surface area (Å²) < 4.78 is 1.78. The minimum absolute atomic E-state index is 0.0938. The van der Waals surface area contributed by atoms with E-state index in [1.807, 2.05) is 37.3 Å². The van der Waals surface area contributed by atoms with Crippen LogP contribution in [0.4, 0.5) is 0 Å². The molecule has 0 radical (unpaired) electrons. The second-order valence-electron chi connectivity index (χ2n) is 5.98. The third-order valence-electron chi connectivity index (χ3n) is 4.31. The molecule has 22 heavy (non-hydrogen) atoms. The molecule has 1 aromatic carbocycles. The molecule has 1 fully saturated rings. The average molecular weight is 298 g/mol. The van der Waals surface area contributed by atoms with Crippen molar-refractivity contribution in [3.8, 4) is 0 Å². The molecule has 1 N–H and O–H groups in total. The summed E-state index contributed by atoms with van der Waals surface area (Å²) in [5.41, 5.74) is 2.41. The van der Waals surface area contributed by atoms with Crippen LogP contribution in [0.3, 0.4) is 0 Å². The number of nitrogens with one attached hydrogen (secondary N) is 1. The Kier molecular flexibility index (Phi) is 4.51. The van der Waals surface area contributed by atoms with Crippen LogP contribution in [0.15, 0.2) is 30.3 Å². The quantitative estimate of drug-likeness (QED) is 0.944. The molecule has 1 aliphatic rings. The van der Waals surface area contributed by atoms with Crippen molar-refractivity contribution >= 4 is 5.91 Å². The van der Waals surface area contributed by atoms with Gasteiger partial charge in [-0.05, 0) is 25.3 Å². The predicted molar refractivity (Wildman–Crippen MR) is 84.6 cm³/mol. The molecule has 1 aliphatic carbocycles. The van der Waals surface area contributed by atoms with Crippen LogP contribution in [0.2, 0.25) is 0 Å². The Morgan fingerprint density at radius 2 is 1.95 bits per heavy atom. The highest BCUT2D eigenvalue weighted by atomic mass is 16.2. The van der Waals surface area contributed by atoms with Crippen LogP contribution < -0.4 is 5.32 Å². The molecule has 3 rings (SSSR count). The number of carbonyl (C=O) groups excluding carboxylic acids is 1. The number of hydrogen-bond acceptors (Lipinski definition) is 3. The summed E-state index contributed by atoms with van der Waals surface area (Å²) in [6.07, 6.45) is 5.82. The SMILES string of the molecule is Cc1c(C(=O)NC2CCCCC2)nnn1Cc1ccccc1. The second-order valence-corrected chi connectivity index (χ2v) is 5.98. The molecule has 0 unspecified atom stereocenters. The first-order valence-corrected chi connectivity index (χ1v) is 7.99. The van der Waals surface area contributed by atoms with Gasteiger partial charge in [-0.3, -0.25) is 4.79 Å². The van der Waals surface area contributed by atoms with Crippen molar-refractivity contribution in [2.75, 3.05) is 0 Å². The smallest absolute Gasteiger partial charge is 0.273 e. The maximum absolute atomic E-state index is 12.4. The lowest BCUT2D eigenvalue weighted by Crippen LogP contribution is -2.36. The summed E-state index contributed by atoms with van der Waals surface area (Å²) >= 11 is 0. The first-order chi connectivity index (χ1) is 10.7. The van der Waals surface area contributed by atoms with Gasteiger partial charge in [0.25, 0.3) is 5.91 Å². The van der Waals surface area contributed by atoms with Gasteiger partial charge in [0.1, 0.15) is 0 Å². The number of nitrogens with zero attached hydrogens (tertiary/aromatic N) is 3. The van der Waals surface area contributed by atoms with Gasteiger partial charge in [0, 0.05) is 6.04 Å². The Morgan fingerprint density at radius 1 is 1.23 bits per heavy atom. The van der Waals surface area contributed by atoms with Crippen LogP contribution in [-0.2, 0) is 6.54 Å². The molecule has 1 amide bonds. The normalized spacial score (nSPS) is 15.7. The molecule has 1 aromatic heterocycles. The van der Waals surface area contributed by atoms with Gasteiger partial charge in [0.15, 0.2) is 5.69 Å². The molecule has 1 saturated carbocycles. The van der Waals surface area contributed by atoms with Crippen molar-refractivity contribution < 1.29 is 4.79 Å². The molecule has 0 bridgehead atoms. The summed E-state index contributed by atoms with van der Waals surface area (Å²) in [5.74, 6) is -0.0938. The Morgan fingerprint density at radius 3 is 2.68 bits per heavy atom. The Labute approximate surface area is 130 Å². The molecule has 0 spiro atoms. The zero-order chi connectivity index (χ0) is 15.4. The fourth-order valence-electron chi connectivity index (χ4n) is 2.98. The van der Waals surface area contributed by atoms with E-state index in [0.717, 1.165) is 24.1 Å². The standard InChI is InChI=1S/C17H22N4O/c1-13-16(17(22)18-15-10-6-3-7-11-15)19-20-21(13)12-14-8-4-2-5-9-14/h2,4-5,8-9,15H,3,6-7,10-12H2,1H3,(H,18,22). The van der Waals surface area contributed by atoms with Crippen molar-refractivity contribution in [2.24, 2.45) is 0 Å². The van der Waals surface area contributed by atoms with E-state index in [4.69, 9.17) is 0 Å². The van der Waals surface area contributed by atoms with E-state index in [1.54, 1.807) is 4.68 Å². The van der Waals surface area contributed by atoms with Gasteiger partial charge in [0.05, 0.1) is 12.2 Å². The number of benzene rings is 1. The molecule has 2 aromatic rings. The first-order valence-electron chi connectivity index (χ1n) is 7.99. The minimum atomic E-state index is -0.0938. The Hall–Kier alpha value is -2.17. The van der Waals surface area contributed by atoms with Crippen LogP contribution in [-0.4, -0.2) is 26.9 Å². The van der Waals surface area contributed by atoms with Gasteiger partial charge < -0.3 is 5.32 Å². The first kappa shape index (κ1) is 14.8. The largest absolute Gasteiger partial charge is 0.348 e. The lowest BCUT2D eigenvalue weighted by Gasteiger charge is -2.22. The van der Waals surface area contributed by atoms with Gasteiger partial charge in [-0.25, -0.2) is 4.68 Å². The van der Waals surface area contributed by atoms with Crippen LogP contribution in [0.1, 0.15) is 53.8 Å². The van der Waals surface area contributed by atoms with Gasteiger partial charge in [-0.15, -0.1) is 5.10 Å². The van der Waals surface area contributed by atoms with E-state index in [1.165, 1.54) is 19.3 Å². The van der Waals surface area contributed by atoms with Crippen LogP contribution in [0.25, 0.3) is 0 Å². The van der Waals surface area contributed by atoms with Crippen molar-refractivity contribution in [1.29, 1.82) is 0 Å². The monoisotopic (exact) mass is 298 g/mol. The van der Waals surface area contributed by atoms with E-state index in [-0.39, 0.29) is 5.91 Å². The number of amides is 1. The number of rotatable bonds is 4. The van der Waals surface area contributed by atoms with E-state index in [9.17, 15) is 4.79 Å². The summed E-state index contributed by atoms with van der Waals surface area (Å²) in [4.78, 5) is 12.4. The number of carbonyl (C=O) groups is 1. The number of hydrogen-bond donors (Lipinski definition) is 1. The minimum Gasteiger partial charge on any atom is -0.348 e. The van der Waals surface area contributed by atoms with Crippen LogP contribution in [0.5, 0.6) is 0 Å². The fourth-order valence-corrected chi connectivity index (χ4v) is 2.98. The highest BCUT2D eigenvalue weighted by Crippen LogP contribution is 2.18. The third-order valence-corrected chi connectivity index (χ3v) is 4.31. The zero-order valence-corrected chi connectivity index (χ0v) is 13.0.